The third kappa shape index (κ3) is 7.40. The molecular weight excluding hydrogens is 853 g/mol. The van der Waals surface area contributed by atoms with Gasteiger partial charge >= 0.3 is 0 Å². The minimum atomic E-state index is -2.80. The van der Waals surface area contributed by atoms with Crippen molar-refractivity contribution >= 4 is 44.2 Å². The molecule has 0 N–H and O–H groups in total. The molecule has 0 saturated heterocycles. The Balaban J connectivity index is 0.00000608. The van der Waals surface area contributed by atoms with Crippen molar-refractivity contribution in [3.63, 3.8) is 0 Å². The molecule has 62 heavy (non-hydrogen) atoms. The molecule has 0 atom stereocenters. The second-order valence-electron chi connectivity index (χ2n) is 17.4. The van der Waals surface area contributed by atoms with Crippen LogP contribution in [0.3, 0.4) is 0 Å². The van der Waals surface area contributed by atoms with Gasteiger partial charge in [-0.15, -0.1) is 42.6 Å². The van der Waals surface area contributed by atoms with Crippen molar-refractivity contribution in [1.82, 2.24) is 14.1 Å². The van der Waals surface area contributed by atoms with Crippen LogP contribution in [-0.2, 0) is 31.3 Å². The SMILES string of the molecule is [2H]c1nc(-n2c3[c-]c(Oc4[c-]c(N5C=CN(c6cc(C(C)(C)C)cc(C(C)(C)C)c6)[CH-]5)c([2H])c([2H])c4[2H])ccc3c3c2c2ccccc2n3-c2ccccc2)c([2H])c(C([2H])([2H])[2H])c1-c1ccccc1.[Pd]. The van der Waals surface area contributed by atoms with E-state index in [1.165, 1.54) is 11.1 Å². The molecule has 6 aromatic carbocycles. The van der Waals surface area contributed by atoms with Gasteiger partial charge in [-0.25, -0.2) is 4.98 Å². The standard InChI is InChI=1S/C55H48N5O.Pd/c1-37-29-51(56-35-48(37)38-17-10-8-11-18-38)60-50-34-45(25-26-47(50)52-53(60)46-23-14-15-24-49(46)59(52)41-19-12-9-13-20-41)61-44-22-16-21-42(33-44)57-27-28-58(36-57)43-31-39(54(2,3)4)30-40(32-43)55(5,6)7;/h8-32,35-36H,1-7H3;/q-3;/i1D3,16D,21D,22D,29D,35D;. The zero-order valence-corrected chi connectivity index (χ0v) is 36.7. The van der Waals surface area contributed by atoms with Gasteiger partial charge in [0.2, 0.25) is 0 Å². The van der Waals surface area contributed by atoms with Crippen LogP contribution < -0.4 is 14.5 Å². The Hall–Kier alpha value is -6.39. The summed E-state index contributed by atoms with van der Waals surface area (Å²) in [5.74, 6) is -0.0721. The van der Waals surface area contributed by atoms with Gasteiger partial charge in [-0.05, 0) is 91.5 Å². The van der Waals surface area contributed by atoms with Crippen LogP contribution in [0.1, 0.15) is 69.2 Å². The number of benzene rings is 6. The molecule has 0 spiro atoms. The Labute approximate surface area is 389 Å². The van der Waals surface area contributed by atoms with Gasteiger partial charge in [0.15, 0.2) is 0 Å². The first kappa shape index (κ1) is 32.3. The Morgan fingerprint density at radius 1 is 0.677 bits per heavy atom. The quantitative estimate of drug-likeness (QED) is 0.118. The van der Waals surface area contributed by atoms with Crippen LogP contribution in [0.4, 0.5) is 11.4 Å². The van der Waals surface area contributed by atoms with Gasteiger partial charge in [-0.2, -0.15) is 12.1 Å². The molecule has 0 amide bonds. The van der Waals surface area contributed by atoms with Crippen molar-refractivity contribution in [2.45, 2.75) is 59.2 Å². The fourth-order valence-corrected chi connectivity index (χ4v) is 7.92. The van der Waals surface area contributed by atoms with Crippen LogP contribution in [0.25, 0.3) is 55.5 Å². The molecule has 312 valence electrons. The molecule has 7 heteroatoms. The van der Waals surface area contributed by atoms with E-state index < -0.39 is 6.85 Å². The maximum atomic E-state index is 9.69. The zero-order valence-electron chi connectivity index (χ0n) is 43.2. The molecule has 0 fully saturated rings. The van der Waals surface area contributed by atoms with Crippen LogP contribution in [0, 0.1) is 25.7 Å². The summed E-state index contributed by atoms with van der Waals surface area (Å²) < 4.78 is 82.2. The first-order chi connectivity index (χ1) is 32.7. The van der Waals surface area contributed by atoms with E-state index in [0.717, 1.165) is 27.8 Å². The maximum absolute atomic E-state index is 9.69. The molecule has 0 aliphatic carbocycles. The Morgan fingerprint density at radius 2 is 1.35 bits per heavy atom. The van der Waals surface area contributed by atoms with Gasteiger partial charge < -0.3 is 23.7 Å². The summed E-state index contributed by atoms with van der Waals surface area (Å²) in [5, 5.41) is 1.44. The number of anilines is 2. The molecule has 0 saturated carbocycles. The molecule has 0 radical (unpaired) electrons. The third-order valence-corrected chi connectivity index (χ3v) is 11.1. The molecule has 3 aromatic heterocycles. The minimum absolute atomic E-state index is 0. The van der Waals surface area contributed by atoms with E-state index in [1.54, 1.807) is 52.1 Å². The average Bonchev–Trinajstić information content (AvgIpc) is 4.02. The number of fused-ring (bicyclic) bond motifs is 5. The van der Waals surface area contributed by atoms with Crippen molar-refractivity contribution in [3.8, 4) is 34.1 Å². The summed E-state index contributed by atoms with van der Waals surface area (Å²) in [6.07, 6.45) is 3.35. The van der Waals surface area contributed by atoms with E-state index in [1.807, 2.05) is 78.4 Å². The predicted octanol–water partition coefficient (Wildman–Crippen LogP) is 14.0. The van der Waals surface area contributed by atoms with E-state index in [0.29, 0.717) is 22.0 Å². The number of para-hydroxylation sites is 2. The molecule has 1 aliphatic heterocycles. The molecule has 1 aliphatic rings. The second kappa shape index (κ2) is 15.8. The van der Waals surface area contributed by atoms with Crippen molar-refractivity contribution in [3.05, 3.63) is 193 Å². The number of nitrogens with zero attached hydrogens (tertiary/aromatic N) is 5. The van der Waals surface area contributed by atoms with Crippen LogP contribution in [0.15, 0.2) is 158 Å². The number of pyridine rings is 1. The topological polar surface area (TPSA) is 38.5 Å². The maximum Gasteiger partial charge on any atom is 0.135 e. The summed E-state index contributed by atoms with van der Waals surface area (Å²) in [6, 6.07) is 41.6. The molecule has 6 nitrogen and oxygen atoms in total. The molecule has 10 rings (SSSR count). The van der Waals surface area contributed by atoms with Crippen molar-refractivity contribution < 1.29 is 36.1 Å². The molecular formula is C55H48N5OPd-3. The number of rotatable bonds is 7. The van der Waals surface area contributed by atoms with Gasteiger partial charge in [-0.3, -0.25) is 0 Å². The van der Waals surface area contributed by atoms with Crippen LogP contribution in [0.2, 0.25) is 0 Å². The van der Waals surface area contributed by atoms with Crippen LogP contribution in [0.5, 0.6) is 11.5 Å². The number of hydrogen-bond acceptors (Lipinski definition) is 4. The van der Waals surface area contributed by atoms with Crippen LogP contribution in [-0.4, -0.2) is 14.1 Å². The predicted molar refractivity (Wildman–Crippen MR) is 252 cm³/mol. The summed E-state index contributed by atoms with van der Waals surface area (Å²) in [7, 11) is 0. The fraction of sp³-hybridized carbons (Fsp3) is 0.164. The van der Waals surface area contributed by atoms with Gasteiger partial charge in [0.25, 0.3) is 0 Å². The Bertz CT molecular complexity index is 3500. The van der Waals surface area contributed by atoms with Crippen molar-refractivity contribution in [2.24, 2.45) is 0 Å². The fourth-order valence-electron chi connectivity index (χ4n) is 7.92. The summed E-state index contributed by atoms with van der Waals surface area (Å²) in [5.41, 5.74) is 6.89. The first-order valence-corrected chi connectivity index (χ1v) is 20.3. The van der Waals surface area contributed by atoms with E-state index in [4.69, 9.17) is 17.9 Å². The number of ether oxygens (including phenoxy) is 1. The number of aromatic nitrogens is 3. The normalized spacial score (nSPS) is 15.1. The third-order valence-electron chi connectivity index (χ3n) is 11.1. The Morgan fingerprint density at radius 3 is 2.08 bits per heavy atom. The summed E-state index contributed by atoms with van der Waals surface area (Å²) in [4.78, 5) is 8.39. The zero-order chi connectivity index (χ0) is 48.9. The second-order valence-corrected chi connectivity index (χ2v) is 17.4. The molecule has 4 heterocycles. The smallest absolute Gasteiger partial charge is 0.135 e. The van der Waals surface area contributed by atoms with Gasteiger partial charge in [0.1, 0.15) is 5.82 Å². The van der Waals surface area contributed by atoms with E-state index >= 15 is 0 Å². The van der Waals surface area contributed by atoms with E-state index in [-0.39, 0.29) is 95.7 Å². The van der Waals surface area contributed by atoms with Gasteiger partial charge in [0, 0.05) is 71.4 Å². The summed E-state index contributed by atoms with van der Waals surface area (Å²) >= 11 is 0. The van der Waals surface area contributed by atoms with Gasteiger partial charge in [-0.1, -0.05) is 125 Å². The molecule has 0 bridgehead atoms. The average molecular weight is 909 g/mol. The van der Waals surface area contributed by atoms with E-state index in [9.17, 15) is 2.74 Å². The monoisotopic (exact) mass is 908 g/mol. The van der Waals surface area contributed by atoms with Crippen molar-refractivity contribution in [1.29, 1.82) is 0 Å². The molecule has 0 unspecified atom stereocenters. The number of hydrogen-bond donors (Lipinski definition) is 0. The summed E-state index contributed by atoms with van der Waals surface area (Å²) in [6.45, 7) is 12.1. The first-order valence-electron chi connectivity index (χ1n) is 24.3. The van der Waals surface area contributed by atoms with Crippen molar-refractivity contribution in [2.75, 3.05) is 9.80 Å². The molecule has 9 aromatic rings. The van der Waals surface area contributed by atoms with Gasteiger partial charge in [0.05, 0.1) is 13.8 Å². The Kier molecular flexibility index (Phi) is 8.25. The minimum Gasteiger partial charge on any atom is -0.509 e. The largest absolute Gasteiger partial charge is 0.509 e. The van der Waals surface area contributed by atoms with Crippen LogP contribution >= 0.6 is 0 Å². The van der Waals surface area contributed by atoms with E-state index in [2.05, 4.69) is 76.4 Å².